The molecule has 0 aromatic heterocycles. The van der Waals surface area contributed by atoms with Gasteiger partial charge in [0.15, 0.2) is 0 Å². The lowest BCUT2D eigenvalue weighted by molar-refractivity contribution is -0.111. The predicted molar refractivity (Wildman–Crippen MR) is 66.3 cm³/mol. The fourth-order valence-corrected chi connectivity index (χ4v) is 2.35. The maximum absolute atomic E-state index is 11.8. The number of Topliss-reactive ketones (excluding diaryl/α,β-unsaturated/α-hetero) is 1. The summed E-state index contributed by atoms with van der Waals surface area (Å²) in [6, 6.07) is 5.60. The summed E-state index contributed by atoms with van der Waals surface area (Å²) in [4.78, 5) is 11.8. The van der Waals surface area contributed by atoms with E-state index in [1.165, 1.54) is 0 Å². The first-order valence-corrected chi connectivity index (χ1v) is 5.56. The minimum absolute atomic E-state index is 0.119. The van der Waals surface area contributed by atoms with Crippen molar-refractivity contribution in [1.82, 2.24) is 0 Å². The van der Waals surface area contributed by atoms with Crippen LogP contribution in [0.4, 0.5) is 0 Å². The van der Waals surface area contributed by atoms with Gasteiger partial charge in [-0.15, -0.1) is 0 Å². The maximum atomic E-state index is 11.8. The molecule has 0 atom stereocenters. The third-order valence-corrected chi connectivity index (χ3v) is 3.28. The highest BCUT2D eigenvalue weighted by molar-refractivity contribution is 6.48. The van der Waals surface area contributed by atoms with Gasteiger partial charge in [-0.3, -0.25) is 4.79 Å². The number of rotatable bonds is 0. The lowest BCUT2D eigenvalue weighted by atomic mass is 9.96. The Morgan fingerprint density at radius 3 is 2.62 bits per heavy atom. The van der Waals surface area contributed by atoms with Crippen molar-refractivity contribution in [2.45, 2.75) is 0 Å². The number of allylic oxidation sites excluding steroid dienone is 5. The Kier molecular flexibility index (Phi) is 2.06. The molecule has 16 heavy (non-hydrogen) atoms. The van der Waals surface area contributed by atoms with Gasteiger partial charge in [-0.05, 0) is 41.0 Å². The highest BCUT2D eigenvalue weighted by Gasteiger charge is 2.27. The number of halogens is 2. The Balaban J connectivity index is 2.24. The Bertz CT molecular complexity index is 606. The van der Waals surface area contributed by atoms with Crippen LogP contribution in [0.3, 0.4) is 0 Å². The molecule has 78 valence electrons. The zero-order valence-corrected chi connectivity index (χ0v) is 9.64. The molecule has 2 aliphatic rings. The second-order valence-corrected chi connectivity index (χ2v) is 4.56. The lowest BCUT2D eigenvalue weighted by Crippen LogP contribution is -2.05. The van der Waals surface area contributed by atoms with Gasteiger partial charge >= 0.3 is 0 Å². The number of hydrogen-bond donors (Lipinski definition) is 0. The van der Waals surface area contributed by atoms with Crippen LogP contribution in [0.5, 0.6) is 0 Å². The molecule has 0 saturated heterocycles. The minimum atomic E-state index is -0.119. The van der Waals surface area contributed by atoms with Crippen molar-refractivity contribution in [2.75, 3.05) is 0 Å². The number of carbonyl (C=O) groups is 1. The minimum Gasteiger partial charge on any atom is -0.288 e. The summed E-state index contributed by atoms with van der Waals surface area (Å²) < 4.78 is 0. The molecule has 2 aliphatic carbocycles. The van der Waals surface area contributed by atoms with Gasteiger partial charge in [0, 0.05) is 10.6 Å². The van der Waals surface area contributed by atoms with Gasteiger partial charge in [0.1, 0.15) is 0 Å². The molecule has 0 aliphatic heterocycles. The van der Waals surface area contributed by atoms with Crippen LogP contribution >= 0.6 is 23.2 Å². The molecule has 0 bridgehead atoms. The van der Waals surface area contributed by atoms with E-state index in [0.29, 0.717) is 10.6 Å². The molecule has 0 saturated carbocycles. The van der Waals surface area contributed by atoms with Gasteiger partial charge < -0.3 is 0 Å². The van der Waals surface area contributed by atoms with Gasteiger partial charge in [-0.25, -0.2) is 0 Å². The van der Waals surface area contributed by atoms with Crippen LogP contribution in [0, 0.1) is 0 Å². The summed E-state index contributed by atoms with van der Waals surface area (Å²) in [5.74, 6) is -0.119. The van der Waals surface area contributed by atoms with Gasteiger partial charge in [0.25, 0.3) is 0 Å². The monoisotopic (exact) mass is 248 g/mol. The number of ketones is 1. The summed E-state index contributed by atoms with van der Waals surface area (Å²) in [7, 11) is 0. The molecule has 3 rings (SSSR count). The standard InChI is InChI=1S/C13H6Cl2O/c14-8-1-2-9-7(5-8)6-11-10(9)3-4-12(15)13(11)16/h1-6H. The van der Waals surface area contributed by atoms with E-state index < -0.39 is 0 Å². The molecule has 0 amide bonds. The van der Waals surface area contributed by atoms with E-state index in [9.17, 15) is 4.79 Å². The van der Waals surface area contributed by atoms with E-state index in [4.69, 9.17) is 23.2 Å². The lowest BCUT2D eigenvalue weighted by Gasteiger charge is -2.09. The predicted octanol–water partition coefficient (Wildman–Crippen LogP) is 3.83. The molecule has 1 aromatic rings. The molecule has 0 fully saturated rings. The van der Waals surface area contributed by atoms with Gasteiger partial charge in [-0.2, -0.15) is 0 Å². The second-order valence-electron chi connectivity index (χ2n) is 3.71. The van der Waals surface area contributed by atoms with Crippen molar-refractivity contribution in [3.05, 3.63) is 57.1 Å². The molecule has 3 heteroatoms. The zero-order valence-electron chi connectivity index (χ0n) is 8.13. The van der Waals surface area contributed by atoms with Crippen LogP contribution in [0.2, 0.25) is 5.02 Å². The van der Waals surface area contributed by atoms with E-state index >= 15 is 0 Å². The smallest absolute Gasteiger partial charge is 0.204 e. The largest absolute Gasteiger partial charge is 0.288 e. The van der Waals surface area contributed by atoms with E-state index in [1.54, 1.807) is 6.08 Å². The van der Waals surface area contributed by atoms with Crippen molar-refractivity contribution in [3.8, 4) is 0 Å². The van der Waals surface area contributed by atoms with Crippen molar-refractivity contribution in [2.24, 2.45) is 0 Å². The summed E-state index contributed by atoms with van der Waals surface area (Å²) in [6.07, 6.45) is 5.35. The molecule has 0 unspecified atom stereocenters. The van der Waals surface area contributed by atoms with Gasteiger partial charge in [0.05, 0.1) is 5.03 Å². The van der Waals surface area contributed by atoms with Crippen molar-refractivity contribution >= 4 is 40.6 Å². The van der Waals surface area contributed by atoms with E-state index in [2.05, 4.69) is 0 Å². The van der Waals surface area contributed by atoms with E-state index in [-0.39, 0.29) is 10.8 Å². The topological polar surface area (TPSA) is 17.1 Å². The fraction of sp³-hybridized carbons (Fsp3) is 0. The second kappa shape index (κ2) is 3.34. The van der Waals surface area contributed by atoms with Crippen LogP contribution in [-0.4, -0.2) is 5.78 Å². The Morgan fingerprint density at radius 1 is 1.00 bits per heavy atom. The first-order chi connectivity index (χ1) is 7.66. The Morgan fingerprint density at radius 2 is 1.81 bits per heavy atom. The zero-order chi connectivity index (χ0) is 11.3. The van der Waals surface area contributed by atoms with Crippen LogP contribution in [0.15, 0.2) is 41.0 Å². The number of benzene rings is 1. The summed E-state index contributed by atoms with van der Waals surface area (Å²) in [6.45, 7) is 0. The van der Waals surface area contributed by atoms with Gasteiger partial charge in [-0.1, -0.05) is 35.3 Å². The highest BCUT2D eigenvalue weighted by atomic mass is 35.5. The third-order valence-electron chi connectivity index (χ3n) is 2.75. The van der Waals surface area contributed by atoms with Crippen molar-refractivity contribution in [3.63, 3.8) is 0 Å². The third kappa shape index (κ3) is 1.29. The SMILES string of the molecule is O=C1C(Cl)=CC=C2C1=Cc1cc(Cl)ccc12. The summed E-state index contributed by atoms with van der Waals surface area (Å²) >= 11 is 11.7. The molecule has 0 radical (unpaired) electrons. The maximum Gasteiger partial charge on any atom is 0.204 e. The normalized spacial score (nSPS) is 17.4. The molecular weight excluding hydrogens is 243 g/mol. The molecule has 1 nitrogen and oxygen atoms in total. The summed E-state index contributed by atoms with van der Waals surface area (Å²) in [5, 5.41) is 0.926. The van der Waals surface area contributed by atoms with Crippen molar-refractivity contribution < 1.29 is 4.79 Å². The van der Waals surface area contributed by atoms with Crippen LogP contribution in [-0.2, 0) is 4.79 Å². The van der Waals surface area contributed by atoms with Crippen LogP contribution in [0.1, 0.15) is 11.1 Å². The summed E-state index contributed by atoms with van der Waals surface area (Å²) in [5.41, 5.74) is 3.60. The first-order valence-electron chi connectivity index (χ1n) is 4.81. The van der Waals surface area contributed by atoms with E-state index in [0.717, 1.165) is 16.7 Å². The van der Waals surface area contributed by atoms with E-state index in [1.807, 2.05) is 30.4 Å². The Hall–Kier alpha value is -1.31. The average Bonchev–Trinajstić information content (AvgIpc) is 2.62. The molecule has 1 aromatic carbocycles. The quantitative estimate of drug-likeness (QED) is 0.682. The molecule has 0 spiro atoms. The molecular formula is C13H6Cl2O. The fourth-order valence-electron chi connectivity index (χ4n) is 2.00. The van der Waals surface area contributed by atoms with Gasteiger partial charge in [0.2, 0.25) is 5.78 Å². The number of fused-ring (bicyclic) bond motifs is 3. The van der Waals surface area contributed by atoms with Crippen LogP contribution in [0.25, 0.3) is 11.6 Å². The first kappa shape index (κ1) is 9.88. The number of hydrogen-bond acceptors (Lipinski definition) is 1. The molecule has 0 heterocycles. The number of carbonyl (C=O) groups excluding carboxylic acids is 1. The van der Waals surface area contributed by atoms with Crippen molar-refractivity contribution in [1.29, 1.82) is 0 Å². The average molecular weight is 249 g/mol. The highest BCUT2D eigenvalue weighted by Crippen LogP contribution is 2.40. The van der Waals surface area contributed by atoms with Crippen LogP contribution < -0.4 is 0 Å². The Labute approximate surface area is 103 Å². The molecule has 0 N–H and O–H groups in total.